The number of aliphatic carboxylic acids is 1. The quantitative estimate of drug-likeness (QED) is 0.803. The second kappa shape index (κ2) is 4.99. The minimum atomic E-state index is -0.794. The normalized spacial score (nSPS) is 12.7. The highest BCUT2D eigenvalue weighted by Gasteiger charge is 2.16. The molecule has 0 aliphatic heterocycles. The van der Waals surface area contributed by atoms with Gasteiger partial charge in [-0.2, -0.15) is 4.98 Å². The average Bonchev–Trinajstić information content (AvgIpc) is 2.52. The minimum Gasteiger partial charge on any atom is -0.480 e. The van der Waals surface area contributed by atoms with Crippen molar-refractivity contribution in [3.05, 3.63) is 11.7 Å². The summed E-state index contributed by atoms with van der Waals surface area (Å²) in [6.45, 7) is 3.54. The molecule has 0 radical (unpaired) electrons. The van der Waals surface area contributed by atoms with Gasteiger partial charge in [0.25, 0.3) is 0 Å². The van der Waals surface area contributed by atoms with Gasteiger partial charge in [0.2, 0.25) is 5.89 Å². The van der Waals surface area contributed by atoms with Gasteiger partial charge in [0.15, 0.2) is 5.82 Å². The van der Waals surface area contributed by atoms with Gasteiger partial charge in [0.05, 0.1) is 5.75 Å². The average molecular weight is 216 g/mol. The Morgan fingerprint density at radius 2 is 2.43 bits per heavy atom. The topological polar surface area (TPSA) is 76.2 Å². The SMILES string of the molecule is CCC(SCc1noc(C)n1)C(=O)O. The van der Waals surface area contributed by atoms with Gasteiger partial charge in [0.1, 0.15) is 5.25 Å². The number of hydrogen-bond acceptors (Lipinski definition) is 5. The highest BCUT2D eigenvalue weighted by molar-refractivity contribution is 7.99. The Hall–Kier alpha value is -1.04. The lowest BCUT2D eigenvalue weighted by atomic mass is 10.3. The molecule has 0 spiro atoms. The van der Waals surface area contributed by atoms with E-state index in [1.165, 1.54) is 11.8 Å². The number of nitrogens with zero attached hydrogens (tertiary/aromatic N) is 2. The lowest BCUT2D eigenvalue weighted by molar-refractivity contribution is -0.136. The standard InChI is InChI=1S/C8H12N2O3S/c1-3-6(8(11)12)14-4-7-9-5(2)13-10-7/h6H,3-4H2,1-2H3,(H,11,12). The van der Waals surface area contributed by atoms with Crippen molar-refractivity contribution in [2.45, 2.75) is 31.3 Å². The van der Waals surface area contributed by atoms with Crippen LogP contribution in [0, 0.1) is 6.92 Å². The molecule has 0 bridgehead atoms. The van der Waals surface area contributed by atoms with Crippen LogP contribution in [-0.4, -0.2) is 26.5 Å². The first-order chi connectivity index (χ1) is 6.63. The Morgan fingerprint density at radius 1 is 1.71 bits per heavy atom. The van der Waals surface area contributed by atoms with Crippen molar-refractivity contribution in [2.75, 3.05) is 0 Å². The van der Waals surface area contributed by atoms with Crippen LogP contribution in [0.5, 0.6) is 0 Å². The van der Waals surface area contributed by atoms with Gasteiger partial charge in [-0.3, -0.25) is 4.79 Å². The van der Waals surface area contributed by atoms with Crippen LogP contribution >= 0.6 is 11.8 Å². The van der Waals surface area contributed by atoms with Crippen molar-refractivity contribution in [3.63, 3.8) is 0 Å². The molecule has 78 valence electrons. The highest BCUT2D eigenvalue weighted by atomic mass is 32.2. The smallest absolute Gasteiger partial charge is 0.316 e. The third-order valence-electron chi connectivity index (χ3n) is 1.63. The van der Waals surface area contributed by atoms with E-state index in [1.54, 1.807) is 6.92 Å². The Morgan fingerprint density at radius 3 is 2.86 bits per heavy atom. The van der Waals surface area contributed by atoms with Crippen LogP contribution in [0.2, 0.25) is 0 Å². The summed E-state index contributed by atoms with van der Waals surface area (Å²) in [4.78, 5) is 14.7. The summed E-state index contributed by atoms with van der Waals surface area (Å²) >= 11 is 1.31. The van der Waals surface area contributed by atoms with E-state index in [2.05, 4.69) is 10.1 Å². The first kappa shape index (κ1) is 11.0. The molecule has 0 amide bonds. The number of thioether (sulfide) groups is 1. The molecule has 0 saturated carbocycles. The summed E-state index contributed by atoms with van der Waals surface area (Å²) in [7, 11) is 0. The Kier molecular flexibility index (Phi) is 3.94. The zero-order chi connectivity index (χ0) is 10.6. The minimum absolute atomic E-state index is 0.395. The molecule has 1 aromatic rings. The van der Waals surface area contributed by atoms with Crippen LogP contribution in [0.3, 0.4) is 0 Å². The van der Waals surface area contributed by atoms with Crippen molar-refractivity contribution < 1.29 is 14.4 Å². The van der Waals surface area contributed by atoms with Gasteiger partial charge in [-0.1, -0.05) is 12.1 Å². The molecule has 0 aliphatic carbocycles. The molecule has 1 rings (SSSR count). The highest BCUT2D eigenvalue weighted by Crippen LogP contribution is 2.18. The molecule has 0 fully saturated rings. The van der Waals surface area contributed by atoms with E-state index in [0.717, 1.165) is 0 Å². The Bertz CT molecular complexity index is 313. The Labute approximate surface area is 85.9 Å². The molecule has 1 aromatic heterocycles. The molecular formula is C8H12N2O3S. The fourth-order valence-electron chi connectivity index (χ4n) is 0.939. The van der Waals surface area contributed by atoms with Gasteiger partial charge in [-0.25, -0.2) is 0 Å². The predicted molar refractivity (Wildman–Crippen MR) is 52.0 cm³/mol. The van der Waals surface area contributed by atoms with Crippen LogP contribution in [0.1, 0.15) is 25.1 Å². The Balaban J connectivity index is 2.43. The summed E-state index contributed by atoms with van der Waals surface area (Å²) < 4.78 is 4.77. The second-order valence-corrected chi connectivity index (χ2v) is 3.97. The monoisotopic (exact) mass is 216 g/mol. The largest absolute Gasteiger partial charge is 0.480 e. The molecule has 5 nitrogen and oxygen atoms in total. The fourth-order valence-corrected chi connectivity index (χ4v) is 1.78. The molecule has 1 N–H and O–H groups in total. The summed E-state index contributed by atoms with van der Waals surface area (Å²) in [6.07, 6.45) is 0.594. The predicted octanol–water partition coefficient (Wildman–Crippen LogP) is 1.47. The molecule has 0 aliphatic rings. The molecule has 14 heavy (non-hydrogen) atoms. The van der Waals surface area contributed by atoms with Crippen LogP contribution in [0.4, 0.5) is 0 Å². The van der Waals surface area contributed by atoms with E-state index in [4.69, 9.17) is 9.63 Å². The number of carboxylic acid groups (broad SMARTS) is 1. The maximum Gasteiger partial charge on any atom is 0.316 e. The first-order valence-corrected chi connectivity index (χ1v) is 5.32. The van der Waals surface area contributed by atoms with Crippen LogP contribution in [0.15, 0.2) is 4.52 Å². The van der Waals surface area contributed by atoms with Crippen molar-refractivity contribution in [2.24, 2.45) is 0 Å². The summed E-state index contributed by atoms with van der Waals surface area (Å²) in [5, 5.41) is 12.1. The molecular weight excluding hydrogens is 204 g/mol. The zero-order valence-electron chi connectivity index (χ0n) is 8.06. The summed E-state index contributed by atoms with van der Waals surface area (Å²) in [5.74, 6) is 0.733. The lowest BCUT2D eigenvalue weighted by Gasteiger charge is -2.06. The molecule has 1 heterocycles. The third kappa shape index (κ3) is 3.02. The van der Waals surface area contributed by atoms with E-state index in [9.17, 15) is 4.79 Å². The van der Waals surface area contributed by atoms with E-state index in [0.29, 0.717) is 23.9 Å². The van der Waals surface area contributed by atoms with Gasteiger partial charge in [-0.15, -0.1) is 11.8 Å². The van der Waals surface area contributed by atoms with E-state index in [-0.39, 0.29) is 0 Å². The maximum absolute atomic E-state index is 10.7. The molecule has 1 unspecified atom stereocenters. The number of aromatic nitrogens is 2. The van der Waals surface area contributed by atoms with Crippen molar-refractivity contribution >= 4 is 17.7 Å². The molecule has 6 heteroatoms. The van der Waals surface area contributed by atoms with Gasteiger partial charge in [-0.05, 0) is 6.42 Å². The van der Waals surface area contributed by atoms with Gasteiger partial charge < -0.3 is 9.63 Å². The van der Waals surface area contributed by atoms with E-state index >= 15 is 0 Å². The number of carboxylic acids is 1. The van der Waals surface area contributed by atoms with E-state index < -0.39 is 11.2 Å². The molecule has 0 aromatic carbocycles. The van der Waals surface area contributed by atoms with Crippen molar-refractivity contribution in [3.8, 4) is 0 Å². The fraction of sp³-hybridized carbons (Fsp3) is 0.625. The van der Waals surface area contributed by atoms with Crippen LogP contribution in [0.25, 0.3) is 0 Å². The van der Waals surface area contributed by atoms with Gasteiger partial charge in [0, 0.05) is 6.92 Å². The first-order valence-electron chi connectivity index (χ1n) is 4.27. The van der Waals surface area contributed by atoms with Crippen LogP contribution in [-0.2, 0) is 10.5 Å². The maximum atomic E-state index is 10.7. The van der Waals surface area contributed by atoms with Crippen molar-refractivity contribution in [1.82, 2.24) is 10.1 Å². The lowest BCUT2D eigenvalue weighted by Crippen LogP contribution is -2.15. The van der Waals surface area contributed by atoms with E-state index in [1.807, 2.05) is 6.92 Å². The van der Waals surface area contributed by atoms with Gasteiger partial charge >= 0.3 is 5.97 Å². The number of carbonyl (C=O) groups is 1. The summed E-state index contributed by atoms with van der Waals surface area (Å²) in [6, 6.07) is 0. The third-order valence-corrected chi connectivity index (χ3v) is 2.99. The number of rotatable bonds is 5. The molecule has 0 saturated heterocycles. The number of hydrogen-bond donors (Lipinski definition) is 1. The summed E-state index contributed by atoms with van der Waals surface area (Å²) in [5.41, 5.74) is 0. The molecule has 1 atom stereocenters. The van der Waals surface area contributed by atoms with Crippen molar-refractivity contribution in [1.29, 1.82) is 0 Å². The van der Waals surface area contributed by atoms with Crippen LogP contribution < -0.4 is 0 Å². The zero-order valence-corrected chi connectivity index (χ0v) is 8.87. The second-order valence-electron chi connectivity index (χ2n) is 2.78. The number of aryl methyl sites for hydroxylation is 1.